The highest BCUT2D eigenvalue weighted by Crippen LogP contribution is 2.39. The van der Waals surface area contributed by atoms with Crippen LogP contribution in [0.3, 0.4) is 0 Å². The summed E-state index contributed by atoms with van der Waals surface area (Å²) < 4.78 is 21.4. The summed E-state index contributed by atoms with van der Waals surface area (Å²) in [5, 5.41) is 0.929. The molecular formula is C18H15BrFN3O2. The first-order valence-electron chi connectivity index (χ1n) is 7.83. The highest BCUT2D eigenvalue weighted by atomic mass is 79.9. The summed E-state index contributed by atoms with van der Waals surface area (Å²) in [5.41, 5.74) is 2.93. The number of pyridine rings is 2. The van der Waals surface area contributed by atoms with Crippen LogP contribution in [-0.2, 0) is 7.05 Å². The Morgan fingerprint density at radius 3 is 2.88 bits per heavy atom. The summed E-state index contributed by atoms with van der Waals surface area (Å²) in [4.78, 5) is 18.3. The zero-order valence-electron chi connectivity index (χ0n) is 13.7. The molecule has 0 unspecified atom stereocenters. The van der Waals surface area contributed by atoms with Crippen molar-refractivity contribution in [1.82, 2.24) is 9.55 Å². The SMILES string of the molecule is Cc1cc2c(N3CCOc4nc(Br)c(F)cc43)cccc2n(C)c1=O. The van der Waals surface area contributed by atoms with Crippen LogP contribution in [0.1, 0.15) is 5.56 Å². The van der Waals surface area contributed by atoms with Gasteiger partial charge in [-0.3, -0.25) is 4.79 Å². The number of hydrogen-bond acceptors (Lipinski definition) is 4. The van der Waals surface area contributed by atoms with E-state index in [1.54, 1.807) is 18.5 Å². The number of rotatable bonds is 1. The van der Waals surface area contributed by atoms with E-state index in [2.05, 4.69) is 20.9 Å². The van der Waals surface area contributed by atoms with Crippen LogP contribution in [0.25, 0.3) is 10.9 Å². The first kappa shape index (κ1) is 16.1. The van der Waals surface area contributed by atoms with Crippen LogP contribution < -0.4 is 15.2 Å². The largest absolute Gasteiger partial charge is 0.474 e. The molecule has 0 atom stereocenters. The van der Waals surface area contributed by atoms with Crippen molar-refractivity contribution >= 4 is 38.2 Å². The fourth-order valence-electron chi connectivity index (χ4n) is 3.21. The fourth-order valence-corrected chi connectivity index (χ4v) is 3.49. The fraction of sp³-hybridized carbons (Fsp3) is 0.222. The Kier molecular flexibility index (Phi) is 3.76. The van der Waals surface area contributed by atoms with Gasteiger partial charge in [0.25, 0.3) is 5.56 Å². The summed E-state index contributed by atoms with van der Waals surface area (Å²) in [6.07, 6.45) is 0. The number of aryl methyl sites for hydroxylation is 2. The first-order chi connectivity index (χ1) is 12.0. The van der Waals surface area contributed by atoms with Crippen LogP contribution in [0.5, 0.6) is 5.88 Å². The van der Waals surface area contributed by atoms with Gasteiger partial charge in [0, 0.05) is 24.1 Å². The zero-order chi connectivity index (χ0) is 17.7. The van der Waals surface area contributed by atoms with E-state index < -0.39 is 5.82 Å². The summed E-state index contributed by atoms with van der Waals surface area (Å²) in [5.74, 6) is -0.0591. The number of halogens is 2. The molecular weight excluding hydrogens is 389 g/mol. The molecule has 0 radical (unpaired) electrons. The van der Waals surface area contributed by atoms with Gasteiger partial charge in [0.05, 0.1) is 17.7 Å². The number of aromatic nitrogens is 2. The molecule has 0 aliphatic carbocycles. The van der Waals surface area contributed by atoms with Crippen LogP contribution >= 0.6 is 15.9 Å². The topological polar surface area (TPSA) is 47.4 Å². The van der Waals surface area contributed by atoms with Crippen molar-refractivity contribution in [2.45, 2.75) is 6.92 Å². The van der Waals surface area contributed by atoms with Crippen LogP contribution in [-0.4, -0.2) is 22.7 Å². The number of fused-ring (bicyclic) bond motifs is 2. The number of benzene rings is 1. The van der Waals surface area contributed by atoms with Crippen molar-refractivity contribution in [3.8, 4) is 5.88 Å². The molecule has 1 aliphatic rings. The lowest BCUT2D eigenvalue weighted by Crippen LogP contribution is -2.30. The van der Waals surface area contributed by atoms with Gasteiger partial charge in [-0.2, -0.15) is 0 Å². The molecule has 3 heterocycles. The monoisotopic (exact) mass is 403 g/mol. The van der Waals surface area contributed by atoms with E-state index in [4.69, 9.17) is 4.74 Å². The van der Waals surface area contributed by atoms with Crippen molar-refractivity contribution < 1.29 is 9.13 Å². The maximum atomic E-state index is 14.1. The van der Waals surface area contributed by atoms with E-state index in [1.165, 1.54) is 6.07 Å². The number of hydrogen-bond donors (Lipinski definition) is 0. The molecule has 0 saturated heterocycles. The van der Waals surface area contributed by atoms with Crippen molar-refractivity contribution in [3.05, 3.63) is 56.7 Å². The maximum absolute atomic E-state index is 14.1. The van der Waals surface area contributed by atoms with Crippen LogP contribution in [0.4, 0.5) is 15.8 Å². The molecule has 1 aliphatic heterocycles. The predicted octanol–water partition coefficient (Wildman–Crippen LogP) is 3.67. The van der Waals surface area contributed by atoms with Gasteiger partial charge >= 0.3 is 0 Å². The summed E-state index contributed by atoms with van der Waals surface area (Å²) in [6.45, 7) is 2.81. The second kappa shape index (κ2) is 5.84. The van der Waals surface area contributed by atoms with E-state index >= 15 is 0 Å². The molecule has 0 saturated carbocycles. The molecule has 2 aromatic heterocycles. The van der Waals surface area contributed by atoms with Gasteiger partial charge in [-0.25, -0.2) is 9.37 Å². The van der Waals surface area contributed by atoms with Gasteiger partial charge in [0.15, 0.2) is 5.82 Å². The normalized spacial score (nSPS) is 13.7. The minimum atomic E-state index is -0.446. The second-order valence-electron chi connectivity index (χ2n) is 5.99. The summed E-state index contributed by atoms with van der Waals surface area (Å²) in [7, 11) is 1.76. The van der Waals surface area contributed by atoms with Crippen molar-refractivity contribution in [3.63, 3.8) is 0 Å². The number of anilines is 2. The molecule has 7 heteroatoms. The van der Waals surface area contributed by atoms with E-state index in [0.717, 1.165) is 16.6 Å². The van der Waals surface area contributed by atoms with Crippen LogP contribution in [0.2, 0.25) is 0 Å². The van der Waals surface area contributed by atoms with Gasteiger partial charge in [-0.05, 0) is 41.1 Å². The Hall–Kier alpha value is -2.41. The Morgan fingerprint density at radius 2 is 2.08 bits per heavy atom. The highest BCUT2D eigenvalue weighted by Gasteiger charge is 2.24. The quantitative estimate of drug-likeness (QED) is 0.581. The third kappa shape index (κ3) is 2.50. The Morgan fingerprint density at radius 1 is 1.28 bits per heavy atom. The Balaban J connectivity index is 1.99. The maximum Gasteiger partial charge on any atom is 0.253 e. The van der Waals surface area contributed by atoms with E-state index in [9.17, 15) is 9.18 Å². The molecule has 0 N–H and O–H groups in total. The molecule has 0 bridgehead atoms. The highest BCUT2D eigenvalue weighted by molar-refractivity contribution is 9.10. The van der Waals surface area contributed by atoms with Gasteiger partial charge < -0.3 is 14.2 Å². The molecule has 4 rings (SSSR count). The lowest BCUT2D eigenvalue weighted by Gasteiger charge is -2.31. The lowest BCUT2D eigenvalue weighted by molar-refractivity contribution is 0.299. The second-order valence-corrected chi connectivity index (χ2v) is 6.74. The lowest BCUT2D eigenvalue weighted by atomic mass is 10.1. The summed E-state index contributed by atoms with van der Waals surface area (Å²) >= 11 is 3.09. The standard InChI is InChI=1S/C18H15BrFN3O2/c1-10-8-11-13(22(2)18(10)24)4-3-5-14(11)23-6-7-25-17-15(23)9-12(20)16(19)21-17/h3-5,8-9H,6-7H2,1-2H3. The van der Waals surface area contributed by atoms with Crippen molar-refractivity contribution in [1.29, 1.82) is 0 Å². The molecule has 0 amide bonds. The molecule has 0 spiro atoms. The third-order valence-corrected chi connectivity index (χ3v) is 4.99. The Labute approximate surface area is 151 Å². The van der Waals surface area contributed by atoms with Gasteiger partial charge in [-0.15, -0.1) is 0 Å². The first-order valence-corrected chi connectivity index (χ1v) is 8.62. The average Bonchev–Trinajstić information content (AvgIpc) is 2.60. The van der Waals surface area contributed by atoms with Crippen molar-refractivity contribution in [2.24, 2.45) is 7.05 Å². The van der Waals surface area contributed by atoms with E-state index in [-0.39, 0.29) is 10.2 Å². The van der Waals surface area contributed by atoms with Crippen LogP contribution in [0.15, 0.2) is 39.7 Å². The van der Waals surface area contributed by atoms with Crippen LogP contribution in [0, 0.1) is 12.7 Å². The molecule has 1 aromatic carbocycles. The predicted molar refractivity (Wildman–Crippen MR) is 98.3 cm³/mol. The van der Waals surface area contributed by atoms with Crippen molar-refractivity contribution in [2.75, 3.05) is 18.1 Å². The third-order valence-electron chi connectivity index (χ3n) is 4.44. The number of nitrogens with zero attached hydrogens (tertiary/aromatic N) is 3. The molecule has 0 fully saturated rings. The molecule has 3 aromatic rings. The van der Waals surface area contributed by atoms with Gasteiger partial charge in [0.2, 0.25) is 5.88 Å². The van der Waals surface area contributed by atoms with Gasteiger partial charge in [-0.1, -0.05) is 6.07 Å². The Bertz CT molecular complexity index is 1060. The molecule has 128 valence electrons. The number of ether oxygens (including phenoxy) is 1. The average molecular weight is 404 g/mol. The molecule has 25 heavy (non-hydrogen) atoms. The van der Waals surface area contributed by atoms with Gasteiger partial charge in [0.1, 0.15) is 16.9 Å². The summed E-state index contributed by atoms with van der Waals surface area (Å²) in [6, 6.07) is 9.05. The minimum Gasteiger partial charge on any atom is -0.474 e. The minimum absolute atomic E-state index is 0.0244. The molecule has 5 nitrogen and oxygen atoms in total. The zero-order valence-corrected chi connectivity index (χ0v) is 15.3. The van der Waals surface area contributed by atoms with E-state index in [1.807, 2.05) is 29.2 Å². The smallest absolute Gasteiger partial charge is 0.253 e. The van der Waals surface area contributed by atoms with E-state index in [0.29, 0.717) is 30.3 Å².